The second kappa shape index (κ2) is 6.19. The van der Waals surface area contributed by atoms with Crippen LogP contribution in [0.3, 0.4) is 0 Å². The molecule has 0 aliphatic heterocycles. The maximum absolute atomic E-state index is 11.3. The summed E-state index contributed by atoms with van der Waals surface area (Å²) in [4.78, 5) is 27.0. The summed E-state index contributed by atoms with van der Waals surface area (Å²) in [5.41, 5.74) is 2.33. The Morgan fingerprint density at radius 2 is 2.00 bits per heavy atom. The van der Waals surface area contributed by atoms with Crippen LogP contribution in [0, 0.1) is 0 Å². The Labute approximate surface area is 111 Å². The van der Waals surface area contributed by atoms with Crippen LogP contribution in [0.2, 0.25) is 0 Å². The summed E-state index contributed by atoms with van der Waals surface area (Å²) >= 11 is 0. The molecule has 104 valence electrons. The van der Waals surface area contributed by atoms with E-state index in [2.05, 4.69) is 5.48 Å². The molecular weight excluding hydrogens is 250 g/mol. The summed E-state index contributed by atoms with van der Waals surface area (Å²) in [5, 5.41) is 8.82. The fraction of sp³-hybridized carbons (Fsp3) is 0.385. The predicted molar refractivity (Wildman–Crippen MR) is 67.6 cm³/mol. The second-order valence-corrected chi connectivity index (χ2v) is 4.90. The molecule has 0 spiro atoms. The van der Waals surface area contributed by atoms with Gasteiger partial charge in [-0.25, -0.2) is 9.59 Å². The first-order valence-electron chi connectivity index (χ1n) is 5.71. The lowest BCUT2D eigenvalue weighted by Crippen LogP contribution is -2.32. The third kappa shape index (κ3) is 5.87. The van der Waals surface area contributed by atoms with Gasteiger partial charge in [0.1, 0.15) is 5.60 Å². The highest BCUT2D eigenvalue weighted by Gasteiger charge is 2.16. The maximum Gasteiger partial charge on any atom is 0.431 e. The molecule has 0 bridgehead atoms. The molecular formula is C13H17NO5. The first kappa shape index (κ1) is 15.0. The average Bonchev–Trinajstić information content (AvgIpc) is 2.27. The number of hydroxylamine groups is 1. The number of amides is 1. The zero-order valence-corrected chi connectivity index (χ0v) is 11.1. The minimum absolute atomic E-state index is 0.0559. The van der Waals surface area contributed by atoms with Crippen LogP contribution in [0.1, 0.15) is 36.7 Å². The van der Waals surface area contributed by atoms with Gasteiger partial charge in [-0.2, -0.15) is 5.48 Å². The molecule has 6 nitrogen and oxygen atoms in total. The summed E-state index contributed by atoms with van der Waals surface area (Å²) < 4.78 is 4.97. The minimum Gasteiger partial charge on any atom is -0.478 e. The highest BCUT2D eigenvalue weighted by atomic mass is 16.7. The topological polar surface area (TPSA) is 84.9 Å². The van der Waals surface area contributed by atoms with E-state index in [1.165, 1.54) is 12.1 Å². The third-order valence-electron chi connectivity index (χ3n) is 1.97. The Balaban J connectivity index is 2.43. The molecule has 2 N–H and O–H groups in total. The lowest BCUT2D eigenvalue weighted by Gasteiger charge is -2.19. The molecule has 0 radical (unpaired) electrons. The van der Waals surface area contributed by atoms with Gasteiger partial charge in [0.25, 0.3) is 0 Å². The van der Waals surface area contributed by atoms with Gasteiger partial charge >= 0.3 is 12.1 Å². The van der Waals surface area contributed by atoms with E-state index in [4.69, 9.17) is 14.7 Å². The van der Waals surface area contributed by atoms with Crippen molar-refractivity contribution in [2.75, 3.05) is 0 Å². The van der Waals surface area contributed by atoms with E-state index < -0.39 is 17.7 Å². The van der Waals surface area contributed by atoms with Gasteiger partial charge in [-0.3, -0.25) is 4.84 Å². The molecule has 1 rings (SSSR count). The van der Waals surface area contributed by atoms with Crippen LogP contribution in [-0.4, -0.2) is 22.8 Å². The van der Waals surface area contributed by atoms with Gasteiger partial charge in [0.15, 0.2) is 0 Å². The van der Waals surface area contributed by atoms with Gasteiger partial charge in [-0.1, -0.05) is 12.1 Å². The lowest BCUT2D eigenvalue weighted by molar-refractivity contribution is -0.0137. The van der Waals surface area contributed by atoms with Gasteiger partial charge in [0.2, 0.25) is 0 Å². The van der Waals surface area contributed by atoms with Crippen molar-refractivity contribution in [1.29, 1.82) is 0 Å². The number of hydrogen-bond donors (Lipinski definition) is 2. The van der Waals surface area contributed by atoms with E-state index in [-0.39, 0.29) is 12.2 Å². The number of aromatic carboxylic acids is 1. The van der Waals surface area contributed by atoms with Gasteiger partial charge < -0.3 is 9.84 Å². The number of carbonyl (C=O) groups excluding carboxylic acids is 1. The molecule has 0 aliphatic rings. The molecule has 0 saturated carbocycles. The van der Waals surface area contributed by atoms with E-state index >= 15 is 0 Å². The number of ether oxygens (including phenoxy) is 1. The Morgan fingerprint density at radius 3 is 2.58 bits per heavy atom. The third-order valence-corrected chi connectivity index (χ3v) is 1.97. The SMILES string of the molecule is CC(C)(C)OC(=O)NOCc1cccc(C(=O)O)c1. The highest BCUT2D eigenvalue weighted by Crippen LogP contribution is 2.08. The van der Waals surface area contributed by atoms with Crippen LogP contribution in [0.5, 0.6) is 0 Å². The lowest BCUT2D eigenvalue weighted by atomic mass is 10.1. The molecule has 0 aromatic heterocycles. The van der Waals surface area contributed by atoms with Crippen molar-refractivity contribution < 1.29 is 24.3 Å². The molecule has 0 saturated heterocycles. The Hall–Kier alpha value is -2.08. The first-order chi connectivity index (χ1) is 8.78. The van der Waals surface area contributed by atoms with Crippen molar-refractivity contribution in [2.45, 2.75) is 33.0 Å². The van der Waals surface area contributed by atoms with Crippen LogP contribution in [0.4, 0.5) is 4.79 Å². The summed E-state index contributed by atoms with van der Waals surface area (Å²) in [5.74, 6) is -1.01. The summed E-state index contributed by atoms with van der Waals surface area (Å²) in [6.45, 7) is 5.27. The summed E-state index contributed by atoms with van der Waals surface area (Å²) in [6.07, 6.45) is -0.693. The second-order valence-electron chi connectivity index (χ2n) is 4.90. The Bertz CT molecular complexity index is 464. The molecule has 1 aromatic rings. The van der Waals surface area contributed by atoms with Gasteiger partial charge in [0.05, 0.1) is 12.2 Å². The van der Waals surface area contributed by atoms with Crippen molar-refractivity contribution in [3.8, 4) is 0 Å². The zero-order chi connectivity index (χ0) is 14.5. The van der Waals surface area contributed by atoms with Crippen LogP contribution in [0.15, 0.2) is 24.3 Å². The first-order valence-corrected chi connectivity index (χ1v) is 5.71. The predicted octanol–water partition coefficient (Wildman–Crippen LogP) is 2.34. The Kier molecular flexibility index (Phi) is 4.88. The van der Waals surface area contributed by atoms with Gasteiger partial charge in [-0.05, 0) is 38.5 Å². The Morgan fingerprint density at radius 1 is 1.32 bits per heavy atom. The van der Waals surface area contributed by atoms with E-state index in [1.54, 1.807) is 32.9 Å². The van der Waals surface area contributed by atoms with Gasteiger partial charge in [-0.15, -0.1) is 0 Å². The molecule has 0 aliphatic carbocycles. The van der Waals surface area contributed by atoms with Crippen molar-refractivity contribution in [3.63, 3.8) is 0 Å². The normalized spacial score (nSPS) is 10.9. The molecule has 0 heterocycles. The number of hydrogen-bond acceptors (Lipinski definition) is 4. The van der Waals surface area contributed by atoms with E-state index in [0.717, 1.165) is 0 Å². The van der Waals surface area contributed by atoms with Crippen molar-refractivity contribution in [1.82, 2.24) is 5.48 Å². The number of nitrogens with one attached hydrogen (secondary N) is 1. The minimum atomic E-state index is -1.01. The molecule has 0 fully saturated rings. The van der Waals surface area contributed by atoms with Crippen LogP contribution >= 0.6 is 0 Å². The number of carbonyl (C=O) groups is 2. The average molecular weight is 267 g/mol. The van der Waals surface area contributed by atoms with Crippen molar-refractivity contribution >= 4 is 12.1 Å². The number of carboxylic acids is 1. The zero-order valence-electron chi connectivity index (χ0n) is 11.1. The fourth-order valence-electron chi connectivity index (χ4n) is 1.27. The number of benzene rings is 1. The molecule has 19 heavy (non-hydrogen) atoms. The van der Waals surface area contributed by atoms with Crippen molar-refractivity contribution in [3.05, 3.63) is 35.4 Å². The molecule has 6 heteroatoms. The number of rotatable bonds is 4. The molecule has 0 atom stereocenters. The van der Waals surface area contributed by atoms with Gasteiger partial charge in [0, 0.05) is 0 Å². The number of carboxylic acid groups (broad SMARTS) is 1. The maximum atomic E-state index is 11.3. The van der Waals surface area contributed by atoms with Crippen LogP contribution in [0.25, 0.3) is 0 Å². The molecule has 1 aromatic carbocycles. The largest absolute Gasteiger partial charge is 0.478 e. The quantitative estimate of drug-likeness (QED) is 0.818. The highest BCUT2D eigenvalue weighted by molar-refractivity contribution is 5.87. The smallest absolute Gasteiger partial charge is 0.431 e. The van der Waals surface area contributed by atoms with Crippen LogP contribution in [-0.2, 0) is 16.2 Å². The standard InChI is InChI=1S/C13H17NO5/c1-13(2,3)19-12(17)14-18-8-9-5-4-6-10(7-9)11(15)16/h4-7H,8H2,1-3H3,(H,14,17)(H,15,16). The van der Waals surface area contributed by atoms with Crippen molar-refractivity contribution in [2.24, 2.45) is 0 Å². The molecule has 0 unspecified atom stereocenters. The van der Waals surface area contributed by atoms with Crippen LogP contribution < -0.4 is 5.48 Å². The summed E-state index contributed by atoms with van der Waals surface area (Å²) in [6, 6.07) is 6.26. The van der Waals surface area contributed by atoms with E-state index in [0.29, 0.717) is 5.56 Å². The summed E-state index contributed by atoms with van der Waals surface area (Å²) in [7, 11) is 0. The van der Waals surface area contributed by atoms with E-state index in [1.807, 2.05) is 0 Å². The fourth-order valence-corrected chi connectivity index (χ4v) is 1.27. The molecule has 1 amide bonds. The van der Waals surface area contributed by atoms with E-state index in [9.17, 15) is 9.59 Å². The monoisotopic (exact) mass is 267 g/mol.